The molecule has 0 aliphatic rings. The van der Waals surface area contributed by atoms with Gasteiger partial charge in [-0.25, -0.2) is 9.78 Å². The number of aromatic nitrogens is 1. The van der Waals surface area contributed by atoms with Gasteiger partial charge in [-0.3, -0.25) is 0 Å². The predicted octanol–water partition coefficient (Wildman–Crippen LogP) is 3.82. The molecule has 0 unspecified atom stereocenters. The van der Waals surface area contributed by atoms with Crippen molar-refractivity contribution >= 4 is 28.6 Å². The summed E-state index contributed by atoms with van der Waals surface area (Å²) in [6, 6.07) is 8.88. The van der Waals surface area contributed by atoms with Crippen molar-refractivity contribution in [3.05, 3.63) is 35.9 Å². The van der Waals surface area contributed by atoms with Crippen LogP contribution in [-0.4, -0.2) is 20.8 Å². The first-order valence-electron chi connectivity index (χ1n) is 5.69. The van der Waals surface area contributed by atoms with Crippen LogP contribution < -0.4 is 0 Å². The highest BCUT2D eigenvalue weighted by Crippen LogP contribution is 2.31. The van der Waals surface area contributed by atoms with Crippen LogP contribution in [0.3, 0.4) is 0 Å². The average Bonchev–Trinajstić information content (AvgIpc) is 2.25. The van der Waals surface area contributed by atoms with E-state index in [1.165, 1.54) is 0 Å². The van der Waals surface area contributed by atoms with Crippen LogP contribution in [0.15, 0.2) is 35.4 Å². The van der Waals surface area contributed by atoms with Gasteiger partial charge in [-0.2, -0.15) is 0 Å². The van der Waals surface area contributed by atoms with E-state index >= 15 is 0 Å². The molecule has 94 valence electrons. The average molecular weight is 261 g/mol. The smallest absolute Gasteiger partial charge is 0.336 e. The number of hydrogen-bond acceptors (Lipinski definition) is 3. The zero-order chi connectivity index (χ0) is 13.3. The molecule has 18 heavy (non-hydrogen) atoms. The normalized spacial score (nSPS) is 11.7. The Morgan fingerprint density at radius 1 is 1.22 bits per heavy atom. The van der Waals surface area contributed by atoms with Gasteiger partial charge in [0.25, 0.3) is 0 Å². The second-order valence-corrected chi connectivity index (χ2v) is 6.89. The first-order chi connectivity index (χ1) is 8.37. The largest absolute Gasteiger partial charge is 0.478 e. The quantitative estimate of drug-likeness (QED) is 0.835. The van der Waals surface area contributed by atoms with Gasteiger partial charge in [0.2, 0.25) is 0 Å². The number of nitrogens with zero attached hydrogens (tertiary/aromatic N) is 1. The van der Waals surface area contributed by atoms with E-state index in [1.54, 1.807) is 23.9 Å². The van der Waals surface area contributed by atoms with Gasteiger partial charge in [0, 0.05) is 10.1 Å². The van der Waals surface area contributed by atoms with Gasteiger partial charge in [0.1, 0.15) is 0 Å². The van der Waals surface area contributed by atoms with Gasteiger partial charge in [-0.05, 0) is 24.3 Å². The van der Waals surface area contributed by atoms with E-state index in [-0.39, 0.29) is 4.75 Å². The van der Waals surface area contributed by atoms with Crippen molar-refractivity contribution in [2.75, 3.05) is 0 Å². The maximum absolute atomic E-state index is 11.1. The number of carboxylic acid groups (broad SMARTS) is 1. The van der Waals surface area contributed by atoms with Crippen LogP contribution in [-0.2, 0) is 0 Å². The summed E-state index contributed by atoms with van der Waals surface area (Å²) in [4.78, 5) is 15.6. The van der Waals surface area contributed by atoms with Crippen LogP contribution in [0.2, 0.25) is 0 Å². The standard InChI is InChI=1S/C14H15NO2S/c1-14(2,3)18-12-8-7-9-10(13(16)17)5-4-6-11(9)15-12/h4-8H,1-3H3,(H,16,17). The van der Waals surface area contributed by atoms with Crippen molar-refractivity contribution < 1.29 is 9.90 Å². The Bertz CT molecular complexity index is 602. The van der Waals surface area contributed by atoms with Crippen LogP contribution in [0.25, 0.3) is 10.9 Å². The molecule has 3 nitrogen and oxygen atoms in total. The zero-order valence-electron chi connectivity index (χ0n) is 10.6. The third-order valence-electron chi connectivity index (χ3n) is 2.35. The molecule has 2 rings (SSSR count). The Morgan fingerprint density at radius 2 is 1.94 bits per heavy atom. The molecule has 0 fully saturated rings. The fraction of sp³-hybridized carbons (Fsp3) is 0.286. The van der Waals surface area contributed by atoms with E-state index in [2.05, 4.69) is 25.8 Å². The lowest BCUT2D eigenvalue weighted by Gasteiger charge is -2.16. The lowest BCUT2D eigenvalue weighted by molar-refractivity contribution is 0.0699. The van der Waals surface area contributed by atoms with Gasteiger partial charge in [-0.15, -0.1) is 11.8 Å². The highest BCUT2D eigenvalue weighted by atomic mass is 32.2. The number of pyridine rings is 1. The first-order valence-corrected chi connectivity index (χ1v) is 6.50. The first kappa shape index (κ1) is 12.9. The molecule has 1 aromatic carbocycles. The Labute approximate surface area is 110 Å². The molecule has 2 aromatic rings. The lowest BCUT2D eigenvalue weighted by atomic mass is 10.1. The number of rotatable bonds is 2. The van der Waals surface area contributed by atoms with Crippen LogP contribution in [0.1, 0.15) is 31.1 Å². The van der Waals surface area contributed by atoms with E-state index in [9.17, 15) is 4.79 Å². The second-order valence-electron chi connectivity index (χ2n) is 5.04. The SMILES string of the molecule is CC(C)(C)Sc1ccc2c(C(=O)O)cccc2n1. The van der Waals surface area contributed by atoms with Crippen molar-refractivity contribution in [3.63, 3.8) is 0 Å². The minimum absolute atomic E-state index is 0.0884. The molecule has 4 heteroatoms. The topological polar surface area (TPSA) is 50.2 Å². The summed E-state index contributed by atoms with van der Waals surface area (Å²) in [7, 11) is 0. The summed E-state index contributed by atoms with van der Waals surface area (Å²) in [5.41, 5.74) is 1.02. The van der Waals surface area contributed by atoms with Crippen LogP contribution in [0, 0.1) is 0 Å². The van der Waals surface area contributed by atoms with E-state index in [0.717, 1.165) is 10.5 Å². The maximum Gasteiger partial charge on any atom is 0.336 e. The molecule has 0 aliphatic carbocycles. The zero-order valence-corrected chi connectivity index (χ0v) is 11.4. The fourth-order valence-corrected chi connectivity index (χ4v) is 2.60. The van der Waals surface area contributed by atoms with Crippen LogP contribution in [0.5, 0.6) is 0 Å². The summed E-state index contributed by atoms with van der Waals surface area (Å²) < 4.78 is 0.0884. The van der Waals surface area contributed by atoms with Crippen molar-refractivity contribution in [1.82, 2.24) is 4.98 Å². The molecule has 1 aromatic heterocycles. The minimum atomic E-state index is -0.918. The summed E-state index contributed by atoms with van der Waals surface area (Å²) in [6.07, 6.45) is 0. The van der Waals surface area contributed by atoms with Gasteiger partial charge >= 0.3 is 5.97 Å². The highest BCUT2D eigenvalue weighted by molar-refractivity contribution is 8.00. The molecule has 0 atom stereocenters. The molecule has 1 N–H and O–H groups in total. The van der Waals surface area contributed by atoms with Crippen molar-refractivity contribution in [1.29, 1.82) is 0 Å². The van der Waals surface area contributed by atoms with Crippen molar-refractivity contribution in [2.24, 2.45) is 0 Å². The molecule has 0 spiro atoms. The van der Waals surface area contributed by atoms with E-state index in [0.29, 0.717) is 10.9 Å². The predicted molar refractivity (Wildman–Crippen MR) is 74.3 cm³/mol. The van der Waals surface area contributed by atoms with Crippen molar-refractivity contribution in [3.8, 4) is 0 Å². The maximum atomic E-state index is 11.1. The number of thioether (sulfide) groups is 1. The Kier molecular flexibility index (Phi) is 3.30. The van der Waals surface area contributed by atoms with E-state index in [4.69, 9.17) is 5.11 Å². The molecule has 0 saturated carbocycles. The van der Waals surface area contributed by atoms with E-state index < -0.39 is 5.97 Å². The monoisotopic (exact) mass is 261 g/mol. The third-order valence-corrected chi connectivity index (χ3v) is 3.40. The number of carbonyl (C=O) groups is 1. The number of hydrogen-bond donors (Lipinski definition) is 1. The number of fused-ring (bicyclic) bond motifs is 1. The summed E-state index contributed by atoms with van der Waals surface area (Å²) in [5, 5.41) is 10.7. The molecule has 0 bridgehead atoms. The molecular weight excluding hydrogens is 246 g/mol. The highest BCUT2D eigenvalue weighted by Gasteiger charge is 2.14. The Balaban J connectivity index is 2.50. The summed E-state index contributed by atoms with van der Waals surface area (Å²) in [5.74, 6) is -0.918. The number of aromatic carboxylic acids is 1. The fourth-order valence-electron chi connectivity index (χ4n) is 1.69. The molecular formula is C14H15NO2S. The van der Waals surface area contributed by atoms with Gasteiger partial charge in [0.05, 0.1) is 16.1 Å². The number of benzene rings is 1. The molecule has 1 heterocycles. The molecule has 0 amide bonds. The van der Waals surface area contributed by atoms with Gasteiger partial charge < -0.3 is 5.11 Å². The van der Waals surface area contributed by atoms with Crippen LogP contribution in [0.4, 0.5) is 0 Å². The molecule has 0 aliphatic heterocycles. The number of carboxylic acids is 1. The summed E-state index contributed by atoms with van der Waals surface area (Å²) >= 11 is 1.67. The lowest BCUT2D eigenvalue weighted by Crippen LogP contribution is -2.07. The Hall–Kier alpha value is -1.55. The van der Waals surface area contributed by atoms with Crippen molar-refractivity contribution in [2.45, 2.75) is 30.5 Å². The second kappa shape index (κ2) is 4.61. The third kappa shape index (κ3) is 2.82. The van der Waals surface area contributed by atoms with Crippen LogP contribution >= 0.6 is 11.8 Å². The molecule has 0 saturated heterocycles. The van der Waals surface area contributed by atoms with E-state index in [1.807, 2.05) is 18.2 Å². The Morgan fingerprint density at radius 3 is 2.56 bits per heavy atom. The molecule has 0 radical (unpaired) electrons. The summed E-state index contributed by atoms with van der Waals surface area (Å²) in [6.45, 7) is 6.37. The van der Waals surface area contributed by atoms with Gasteiger partial charge in [-0.1, -0.05) is 26.8 Å². The minimum Gasteiger partial charge on any atom is -0.478 e. The van der Waals surface area contributed by atoms with Gasteiger partial charge in [0.15, 0.2) is 0 Å².